The maximum Gasteiger partial charge on any atom is 0.163 e. The summed E-state index contributed by atoms with van der Waals surface area (Å²) in [5.74, 6) is 1.59. The molecule has 2 aromatic carbocycles. The van der Waals surface area contributed by atoms with Crippen LogP contribution >= 0.6 is 0 Å². The molecular weight excluding hydrogens is 252 g/mol. The Balaban J connectivity index is 1.77. The molecule has 2 heterocycles. The molecule has 0 atom stereocenters. The third-order valence-corrected chi connectivity index (χ3v) is 3.48. The van der Waals surface area contributed by atoms with Gasteiger partial charge in [0.15, 0.2) is 11.5 Å². The number of hydrogen-bond acceptors (Lipinski definition) is 3. The van der Waals surface area contributed by atoms with E-state index in [9.17, 15) is 0 Å². The van der Waals surface area contributed by atoms with Crippen LogP contribution in [-0.2, 0) is 6.54 Å². The first-order valence-corrected chi connectivity index (χ1v) is 6.68. The van der Waals surface area contributed by atoms with E-state index in [1.54, 1.807) is 0 Å². The molecule has 20 heavy (non-hydrogen) atoms. The van der Waals surface area contributed by atoms with Crippen LogP contribution in [0.4, 0.5) is 0 Å². The van der Waals surface area contributed by atoms with E-state index in [1.807, 2.05) is 36.7 Å². The van der Waals surface area contributed by atoms with E-state index >= 15 is 0 Å². The fraction of sp³-hybridized carbons (Fsp3) is 0.188. The zero-order valence-electron chi connectivity index (χ0n) is 11.0. The van der Waals surface area contributed by atoms with Crippen LogP contribution < -0.4 is 9.47 Å². The molecule has 0 fully saturated rings. The summed E-state index contributed by atoms with van der Waals surface area (Å²) in [6.07, 6.45) is 1.86. The Morgan fingerprint density at radius 2 is 1.75 bits per heavy atom. The molecule has 0 spiro atoms. The molecule has 4 rings (SSSR count). The standard InChI is InChI=1S/C16H14N2O2/c1-2-4-12(5-3-1)10-18-11-17-13-8-15-16(9-14(13)18)20-7-6-19-15/h1-5,8-9,11H,6-7,10H2. The molecule has 0 amide bonds. The predicted octanol–water partition coefficient (Wildman–Crippen LogP) is 2.86. The van der Waals surface area contributed by atoms with E-state index in [1.165, 1.54) is 5.56 Å². The molecule has 0 radical (unpaired) electrons. The molecule has 0 saturated heterocycles. The van der Waals surface area contributed by atoms with Gasteiger partial charge in [-0.25, -0.2) is 4.98 Å². The number of imidazole rings is 1. The lowest BCUT2D eigenvalue weighted by atomic mass is 10.2. The second kappa shape index (κ2) is 4.56. The van der Waals surface area contributed by atoms with Gasteiger partial charge in [0.2, 0.25) is 0 Å². The van der Waals surface area contributed by atoms with Crippen molar-refractivity contribution in [1.29, 1.82) is 0 Å². The zero-order chi connectivity index (χ0) is 13.4. The molecule has 4 heteroatoms. The van der Waals surface area contributed by atoms with Crippen LogP contribution in [0, 0.1) is 0 Å². The van der Waals surface area contributed by atoms with Gasteiger partial charge in [0, 0.05) is 18.7 Å². The first-order chi connectivity index (χ1) is 9.90. The van der Waals surface area contributed by atoms with Gasteiger partial charge >= 0.3 is 0 Å². The summed E-state index contributed by atoms with van der Waals surface area (Å²) < 4.78 is 13.4. The molecule has 0 bridgehead atoms. The van der Waals surface area contributed by atoms with Gasteiger partial charge in [0.05, 0.1) is 17.4 Å². The fourth-order valence-corrected chi connectivity index (χ4v) is 2.50. The van der Waals surface area contributed by atoms with Gasteiger partial charge in [-0.15, -0.1) is 0 Å². The zero-order valence-corrected chi connectivity index (χ0v) is 11.0. The number of ether oxygens (including phenoxy) is 2. The van der Waals surface area contributed by atoms with Crippen LogP contribution in [0.3, 0.4) is 0 Å². The maximum absolute atomic E-state index is 5.64. The van der Waals surface area contributed by atoms with Gasteiger partial charge in [-0.3, -0.25) is 0 Å². The number of hydrogen-bond donors (Lipinski definition) is 0. The highest BCUT2D eigenvalue weighted by atomic mass is 16.6. The van der Waals surface area contributed by atoms with Gasteiger partial charge in [-0.2, -0.15) is 0 Å². The fourth-order valence-electron chi connectivity index (χ4n) is 2.50. The van der Waals surface area contributed by atoms with Crippen molar-refractivity contribution in [3.05, 3.63) is 54.4 Å². The molecule has 4 nitrogen and oxygen atoms in total. The summed E-state index contributed by atoms with van der Waals surface area (Å²) in [6.45, 7) is 2.01. The Hall–Kier alpha value is -2.49. The summed E-state index contributed by atoms with van der Waals surface area (Å²) in [5, 5.41) is 0. The van der Waals surface area contributed by atoms with Crippen molar-refractivity contribution in [2.24, 2.45) is 0 Å². The van der Waals surface area contributed by atoms with Crippen LogP contribution in [0.25, 0.3) is 11.0 Å². The minimum Gasteiger partial charge on any atom is -0.486 e. The van der Waals surface area contributed by atoms with Gasteiger partial charge in [-0.05, 0) is 5.56 Å². The minimum atomic E-state index is 0.600. The number of rotatable bonds is 2. The number of benzene rings is 2. The molecular formula is C16H14N2O2. The first-order valence-electron chi connectivity index (χ1n) is 6.68. The Kier molecular flexibility index (Phi) is 2.59. The summed E-state index contributed by atoms with van der Waals surface area (Å²) in [7, 11) is 0. The molecule has 100 valence electrons. The summed E-state index contributed by atoms with van der Waals surface area (Å²) in [6, 6.07) is 14.3. The second-order valence-corrected chi connectivity index (χ2v) is 4.84. The van der Waals surface area contributed by atoms with Crippen LogP contribution in [0.1, 0.15) is 5.56 Å². The van der Waals surface area contributed by atoms with Crippen LogP contribution in [0.15, 0.2) is 48.8 Å². The maximum atomic E-state index is 5.64. The highest BCUT2D eigenvalue weighted by Crippen LogP contribution is 2.34. The second-order valence-electron chi connectivity index (χ2n) is 4.84. The van der Waals surface area contributed by atoms with Crippen molar-refractivity contribution in [1.82, 2.24) is 9.55 Å². The molecule has 1 aliphatic rings. The van der Waals surface area contributed by atoms with Crippen molar-refractivity contribution in [2.45, 2.75) is 6.54 Å². The van der Waals surface area contributed by atoms with Gasteiger partial charge in [-0.1, -0.05) is 30.3 Å². The van der Waals surface area contributed by atoms with Crippen molar-refractivity contribution < 1.29 is 9.47 Å². The minimum absolute atomic E-state index is 0.600. The van der Waals surface area contributed by atoms with E-state index < -0.39 is 0 Å². The molecule has 1 aliphatic heterocycles. The number of aromatic nitrogens is 2. The van der Waals surface area contributed by atoms with Crippen molar-refractivity contribution in [2.75, 3.05) is 13.2 Å². The number of fused-ring (bicyclic) bond motifs is 2. The van der Waals surface area contributed by atoms with E-state index in [0.29, 0.717) is 13.2 Å². The van der Waals surface area contributed by atoms with E-state index in [2.05, 4.69) is 21.7 Å². The molecule has 0 unspecified atom stereocenters. The van der Waals surface area contributed by atoms with Gasteiger partial charge in [0.1, 0.15) is 13.2 Å². The smallest absolute Gasteiger partial charge is 0.163 e. The lowest BCUT2D eigenvalue weighted by Crippen LogP contribution is -2.15. The summed E-state index contributed by atoms with van der Waals surface area (Å²) in [4.78, 5) is 4.45. The van der Waals surface area contributed by atoms with Crippen molar-refractivity contribution >= 4 is 11.0 Å². The third-order valence-electron chi connectivity index (χ3n) is 3.48. The quantitative estimate of drug-likeness (QED) is 0.715. The molecule has 0 saturated carbocycles. The lowest BCUT2D eigenvalue weighted by molar-refractivity contribution is 0.172. The van der Waals surface area contributed by atoms with Crippen LogP contribution in [0.2, 0.25) is 0 Å². The van der Waals surface area contributed by atoms with Crippen molar-refractivity contribution in [3.8, 4) is 11.5 Å². The van der Waals surface area contributed by atoms with E-state index in [0.717, 1.165) is 29.1 Å². The highest BCUT2D eigenvalue weighted by molar-refractivity contribution is 5.80. The van der Waals surface area contributed by atoms with E-state index in [4.69, 9.17) is 9.47 Å². The van der Waals surface area contributed by atoms with Crippen LogP contribution in [-0.4, -0.2) is 22.8 Å². The molecule has 0 aliphatic carbocycles. The molecule has 0 N–H and O–H groups in total. The Bertz CT molecular complexity index is 750. The molecule has 1 aromatic heterocycles. The topological polar surface area (TPSA) is 36.3 Å². The SMILES string of the molecule is c1ccc(Cn2cnc3cc4c(cc32)OCCO4)cc1. The van der Waals surface area contributed by atoms with Crippen LogP contribution in [0.5, 0.6) is 11.5 Å². The average molecular weight is 266 g/mol. The predicted molar refractivity (Wildman–Crippen MR) is 76.3 cm³/mol. The normalized spacial score (nSPS) is 13.6. The molecule has 3 aromatic rings. The Morgan fingerprint density at radius 1 is 1.00 bits per heavy atom. The average Bonchev–Trinajstić information content (AvgIpc) is 2.88. The number of nitrogens with zero attached hydrogens (tertiary/aromatic N) is 2. The lowest BCUT2D eigenvalue weighted by Gasteiger charge is -2.18. The van der Waals surface area contributed by atoms with Gasteiger partial charge < -0.3 is 14.0 Å². The largest absolute Gasteiger partial charge is 0.486 e. The summed E-state index contributed by atoms with van der Waals surface area (Å²) in [5.41, 5.74) is 3.25. The first kappa shape index (κ1) is 11.3. The monoisotopic (exact) mass is 266 g/mol. The summed E-state index contributed by atoms with van der Waals surface area (Å²) >= 11 is 0. The third kappa shape index (κ3) is 1.90. The van der Waals surface area contributed by atoms with E-state index in [-0.39, 0.29) is 0 Å². The Labute approximate surface area is 116 Å². The van der Waals surface area contributed by atoms with Crippen molar-refractivity contribution in [3.63, 3.8) is 0 Å². The highest BCUT2D eigenvalue weighted by Gasteiger charge is 2.15. The van der Waals surface area contributed by atoms with Gasteiger partial charge in [0.25, 0.3) is 0 Å². The Morgan fingerprint density at radius 3 is 2.55 bits per heavy atom.